The number of aliphatic hydroxyl groups excluding tert-OH is 6. The molecular weight excluding hydrogens is 686 g/mol. The number of ether oxygens (including phenoxy) is 2. The van der Waals surface area contributed by atoms with Crippen molar-refractivity contribution in [2.24, 2.45) is 0 Å². The van der Waals surface area contributed by atoms with Gasteiger partial charge in [-0.2, -0.15) is 0 Å². The highest BCUT2D eigenvalue weighted by atomic mass is 16.7. The van der Waals surface area contributed by atoms with Crippen LogP contribution in [0.4, 0.5) is 0 Å². The van der Waals surface area contributed by atoms with E-state index in [4.69, 9.17) is 9.47 Å². The van der Waals surface area contributed by atoms with Gasteiger partial charge in [0.25, 0.3) is 0 Å². The molecule has 0 aliphatic carbocycles. The van der Waals surface area contributed by atoms with Crippen LogP contribution in [0, 0.1) is 0 Å². The Bertz CT molecular complexity index is 916. The lowest BCUT2D eigenvalue weighted by molar-refractivity contribution is -0.302. The van der Waals surface area contributed by atoms with Gasteiger partial charge in [-0.05, 0) is 38.5 Å². The summed E-state index contributed by atoms with van der Waals surface area (Å²) in [7, 11) is 0. The molecule has 1 aliphatic heterocycles. The Labute approximate surface area is 329 Å². The maximum Gasteiger partial charge on any atom is 0.249 e. The zero-order valence-corrected chi connectivity index (χ0v) is 34.3. The minimum atomic E-state index is -1.60. The second-order valence-corrected chi connectivity index (χ2v) is 15.7. The van der Waals surface area contributed by atoms with E-state index in [1.165, 1.54) is 89.9 Å². The smallest absolute Gasteiger partial charge is 0.249 e. The standard InChI is InChI=1S/C44H83NO9/c1-3-5-7-9-11-13-15-17-19-21-22-24-26-28-30-32-37(47)36(35-53-44-42(51)41(50)40(49)39(34-46)54-44)45-43(52)38(48)33-31-29-27-25-23-20-18-16-14-12-10-8-6-4-2/h12,14,16,18,36-42,44,46-51H,3-11,13,15,17,19-35H2,1-2H3,(H,45,52)/b14-12-,18-16-. The molecule has 10 heteroatoms. The fourth-order valence-corrected chi connectivity index (χ4v) is 6.98. The van der Waals surface area contributed by atoms with Gasteiger partial charge in [0.15, 0.2) is 6.29 Å². The number of unbranched alkanes of at least 4 members (excludes halogenated alkanes) is 22. The first-order chi connectivity index (χ1) is 26.3. The summed E-state index contributed by atoms with van der Waals surface area (Å²) in [6, 6.07) is -0.898. The van der Waals surface area contributed by atoms with Gasteiger partial charge in [-0.1, -0.05) is 173 Å². The Kier molecular flexibility index (Phi) is 32.7. The van der Waals surface area contributed by atoms with E-state index >= 15 is 0 Å². The molecule has 0 spiro atoms. The highest BCUT2D eigenvalue weighted by molar-refractivity contribution is 5.80. The van der Waals surface area contributed by atoms with Gasteiger partial charge in [-0.15, -0.1) is 0 Å². The van der Waals surface area contributed by atoms with E-state index in [1.54, 1.807) is 0 Å². The first-order valence-corrected chi connectivity index (χ1v) is 22.2. The van der Waals surface area contributed by atoms with E-state index in [1.807, 2.05) is 0 Å². The molecule has 0 aromatic carbocycles. The number of aliphatic hydroxyl groups is 6. The summed E-state index contributed by atoms with van der Waals surface area (Å²) in [4.78, 5) is 13.0. The molecule has 10 nitrogen and oxygen atoms in total. The average Bonchev–Trinajstić information content (AvgIpc) is 3.17. The van der Waals surface area contributed by atoms with Crippen LogP contribution in [0.3, 0.4) is 0 Å². The zero-order chi connectivity index (χ0) is 39.7. The number of carbonyl (C=O) groups is 1. The topological polar surface area (TPSA) is 169 Å². The first-order valence-electron chi connectivity index (χ1n) is 22.2. The molecule has 0 aromatic heterocycles. The second kappa shape index (κ2) is 34.8. The van der Waals surface area contributed by atoms with Crippen LogP contribution >= 0.6 is 0 Å². The van der Waals surface area contributed by atoms with Crippen molar-refractivity contribution in [2.45, 2.75) is 236 Å². The average molecular weight is 770 g/mol. The van der Waals surface area contributed by atoms with E-state index < -0.39 is 61.5 Å². The number of nitrogens with one attached hydrogen (secondary N) is 1. The van der Waals surface area contributed by atoms with Gasteiger partial charge in [0.1, 0.15) is 30.5 Å². The molecule has 1 saturated heterocycles. The lowest BCUT2D eigenvalue weighted by atomic mass is 9.99. The quantitative estimate of drug-likeness (QED) is 0.0250. The van der Waals surface area contributed by atoms with E-state index in [9.17, 15) is 35.4 Å². The fraction of sp³-hybridized carbons (Fsp3) is 0.886. The Balaban J connectivity index is 2.43. The second-order valence-electron chi connectivity index (χ2n) is 15.7. The van der Waals surface area contributed by atoms with Crippen molar-refractivity contribution < 1.29 is 44.9 Å². The zero-order valence-electron chi connectivity index (χ0n) is 34.3. The Morgan fingerprint density at radius 3 is 1.59 bits per heavy atom. The van der Waals surface area contributed by atoms with Crippen LogP contribution in [0.15, 0.2) is 24.3 Å². The van der Waals surface area contributed by atoms with Gasteiger partial charge in [0, 0.05) is 0 Å². The summed E-state index contributed by atoms with van der Waals surface area (Å²) < 4.78 is 11.2. The molecule has 1 fully saturated rings. The molecule has 1 aliphatic rings. The summed E-state index contributed by atoms with van der Waals surface area (Å²) in [5, 5.41) is 64.7. The summed E-state index contributed by atoms with van der Waals surface area (Å²) in [6.45, 7) is 3.62. The monoisotopic (exact) mass is 770 g/mol. The molecule has 0 saturated carbocycles. The van der Waals surface area contributed by atoms with Gasteiger partial charge >= 0.3 is 0 Å². The van der Waals surface area contributed by atoms with Crippen molar-refractivity contribution in [3.8, 4) is 0 Å². The normalized spacial score (nSPS) is 22.3. The minimum Gasteiger partial charge on any atom is -0.394 e. The molecule has 7 N–H and O–H groups in total. The van der Waals surface area contributed by atoms with Gasteiger partial charge in [0.2, 0.25) is 5.91 Å². The largest absolute Gasteiger partial charge is 0.394 e. The third-order valence-electron chi connectivity index (χ3n) is 10.7. The molecule has 8 unspecified atom stereocenters. The third kappa shape index (κ3) is 25.0. The van der Waals surface area contributed by atoms with Crippen molar-refractivity contribution >= 4 is 5.91 Å². The highest BCUT2D eigenvalue weighted by Crippen LogP contribution is 2.23. The van der Waals surface area contributed by atoms with Crippen LogP contribution in [0.25, 0.3) is 0 Å². The fourth-order valence-electron chi connectivity index (χ4n) is 6.98. The molecule has 0 radical (unpaired) electrons. The maximum atomic E-state index is 13.0. The molecule has 318 valence electrons. The van der Waals surface area contributed by atoms with E-state index in [0.29, 0.717) is 19.3 Å². The summed E-state index contributed by atoms with van der Waals surface area (Å²) >= 11 is 0. The third-order valence-corrected chi connectivity index (χ3v) is 10.7. The number of rotatable bonds is 36. The van der Waals surface area contributed by atoms with Crippen LogP contribution in [0.5, 0.6) is 0 Å². The van der Waals surface area contributed by atoms with Crippen molar-refractivity contribution in [3.63, 3.8) is 0 Å². The predicted octanol–water partition coefficient (Wildman–Crippen LogP) is 7.69. The molecule has 54 heavy (non-hydrogen) atoms. The van der Waals surface area contributed by atoms with Crippen LogP contribution in [0.1, 0.15) is 187 Å². The lowest BCUT2D eigenvalue weighted by Gasteiger charge is -2.40. The SMILES string of the molecule is CCCCC/C=C\C=C/CCCCCCCC(O)C(=O)NC(COC1OC(CO)C(O)C(O)C1O)C(O)CCCCCCCCCCCCCCCCC. The van der Waals surface area contributed by atoms with Gasteiger partial charge in [-0.25, -0.2) is 0 Å². The van der Waals surface area contributed by atoms with E-state index in [-0.39, 0.29) is 6.61 Å². The number of allylic oxidation sites excluding steroid dienone is 4. The maximum absolute atomic E-state index is 13.0. The molecule has 0 bridgehead atoms. The van der Waals surface area contributed by atoms with Crippen molar-refractivity contribution in [3.05, 3.63) is 24.3 Å². The van der Waals surface area contributed by atoms with Crippen LogP contribution in [-0.4, -0.2) is 98.7 Å². The summed E-state index contributed by atoms with van der Waals surface area (Å²) in [6.07, 6.45) is 29.3. The van der Waals surface area contributed by atoms with Crippen molar-refractivity contribution in [1.82, 2.24) is 5.32 Å². The minimum absolute atomic E-state index is 0.260. The molecule has 1 amide bonds. The van der Waals surface area contributed by atoms with E-state index in [0.717, 1.165) is 64.2 Å². The van der Waals surface area contributed by atoms with Crippen LogP contribution in [0.2, 0.25) is 0 Å². The summed E-state index contributed by atoms with van der Waals surface area (Å²) in [5.41, 5.74) is 0. The Morgan fingerprint density at radius 2 is 1.07 bits per heavy atom. The molecule has 1 heterocycles. The van der Waals surface area contributed by atoms with E-state index in [2.05, 4.69) is 43.5 Å². The molecular formula is C44H83NO9. The first kappa shape index (κ1) is 50.6. The highest BCUT2D eigenvalue weighted by Gasteiger charge is 2.44. The number of carbonyl (C=O) groups excluding carboxylic acids is 1. The number of hydrogen-bond donors (Lipinski definition) is 7. The van der Waals surface area contributed by atoms with Crippen LogP contribution in [-0.2, 0) is 14.3 Å². The lowest BCUT2D eigenvalue weighted by Crippen LogP contribution is -2.60. The van der Waals surface area contributed by atoms with Crippen LogP contribution < -0.4 is 5.32 Å². The van der Waals surface area contributed by atoms with Crippen molar-refractivity contribution in [1.29, 1.82) is 0 Å². The number of amides is 1. The summed E-state index contributed by atoms with van der Waals surface area (Å²) in [5.74, 6) is -0.596. The Morgan fingerprint density at radius 1 is 0.630 bits per heavy atom. The van der Waals surface area contributed by atoms with Gasteiger partial charge < -0.3 is 45.4 Å². The molecule has 8 atom stereocenters. The predicted molar refractivity (Wildman–Crippen MR) is 218 cm³/mol. The number of hydrogen-bond acceptors (Lipinski definition) is 9. The Hall–Kier alpha value is -1.37. The van der Waals surface area contributed by atoms with Gasteiger partial charge in [0.05, 0.1) is 25.4 Å². The molecule has 0 aromatic rings. The van der Waals surface area contributed by atoms with Crippen molar-refractivity contribution in [2.75, 3.05) is 13.2 Å². The molecule has 1 rings (SSSR count). The van der Waals surface area contributed by atoms with Gasteiger partial charge in [-0.3, -0.25) is 4.79 Å².